The van der Waals surface area contributed by atoms with Gasteiger partial charge in [-0.1, -0.05) is 60.5 Å². The molecule has 0 aromatic heterocycles. The van der Waals surface area contributed by atoms with Gasteiger partial charge in [-0.25, -0.2) is 5.43 Å². The summed E-state index contributed by atoms with van der Waals surface area (Å²) in [5.74, 6) is -0.0115. The first-order valence-corrected chi connectivity index (χ1v) is 7.87. The van der Waals surface area contributed by atoms with Gasteiger partial charge < -0.3 is 4.74 Å². The van der Waals surface area contributed by atoms with E-state index in [9.17, 15) is 4.79 Å². The van der Waals surface area contributed by atoms with E-state index in [1.165, 1.54) is 12.1 Å². The monoisotopic (exact) mass is 350 g/mol. The number of halogens is 2. The van der Waals surface area contributed by atoms with E-state index in [0.29, 0.717) is 28.0 Å². The zero-order valence-electron chi connectivity index (χ0n) is 12.6. The molecule has 0 bridgehead atoms. The summed E-state index contributed by atoms with van der Waals surface area (Å²) in [7, 11) is 0. The third kappa shape index (κ3) is 4.98. The Labute approximate surface area is 145 Å². The van der Waals surface area contributed by atoms with Gasteiger partial charge in [-0.15, -0.1) is 0 Å². The summed E-state index contributed by atoms with van der Waals surface area (Å²) in [6.07, 6.45) is 2.39. The largest absolute Gasteiger partial charge is 0.490 e. The predicted molar refractivity (Wildman–Crippen MR) is 93.8 cm³/mol. The molecule has 0 aliphatic heterocycles. The van der Waals surface area contributed by atoms with Crippen molar-refractivity contribution in [1.29, 1.82) is 0 Å². The average molecular weight is 351 g/mol. The molecule has 0 heterocycles. The quantitative estimate of drug-likeness (QED) is 0.613. The summed E-state index contributed by atoms with van der Waals surface area (Å²) >= 11 is 12.2. The Kier molecular flexibility index (Phi) is 6.44. The third-order valence-electron chi connectivity index (χ3n) is 2.89. The fraction of sp³-hybridized carbons (Fsp3) is 0.176. The summed E-state index contributed by atoms with van der Waals surface area (Å²) in [4.78, 5) is 12.1. The molecule has 4 nitrogen and oxygen atoms in total. The number of hydrazone groups is 1. The van der Waals surface area contributed by atoms with Crippen LogP contribution >= 0.6 is 23.2 Å². The zero-order chi connectivity index (χ0) is 16.7. The second-order valence-corrected chi connectivity index (χ2v) is 5.54. The Morgan fingerprint density at radius 3 is 2.48 bits per heavy atom. The number of nitrogens with zero attached hydrogens (tertiary/aromatic N) is 1. The van der Waals surface area contributed by atoms with Gasteiger partial charge in [-0.3, -0.25) is 4.79 Å². The van der Waals surface area contributed by atoms with Crippen LogP contribution in [-0.2, 0) is 0 Å². The smallest absolute Gasteiger partial charge is 0.271 e. The molecule has 2 aromatic rings. The number of benzene rings is 2. The third-order valence-corrected chi connectivity index (χ3v) is 3.45. The molecule has 23 heavy (non-hydrogen) atoms. The maximum atomic E-state index is 12.1. The van der Waals surface area contributed by atoms with Crippen molar-refractivity contribution in [3.63, 3.8) is 0 Å². The number of ether oxygens (including phenoxy) is 1. The van der Waals surface area contributed by atoms with E-state index < -0.39 is 5.91 Å². The molecule has 1 N–H and O–H groups in total. The summed E-state index contributed by atoms with van der Waals surface area (Å²) in [6, 6.07) is 12.4. The van der Waals surface area contributed by atoms with Crippen LogP contribution in [0.15, 0.2) is 47.6 Å². The number of carbonyl (C=O) groups is 1. The topological polar surface area (TPSA) is 50.7 Å². The standard InChI is InChI=1S/C17H16Cl2N2O2/c1-2-8-23-16-14(18)9-13(10-15(16)19)17(22)21-20-11-12-6-4-3-5-7-12/h3-7,9-11H,2,8H2,1H3,(H,21,22)/b20-11+. The van der Waals surface area contributed by atoms with Crippen LogP contribution in [0.2, 0.25) is 10.0 Å². The molecule has 0 spiro atoms. The van der Waals surface area contributed by atoms with E-state index in [1.807, 2.05) is 37.3 Å². The lowest BCUT2D eigenvalue weighted by atomic mass is 10.2. The highest BCUT2D eigenvalue weighted by Crippen LogP contribution is 2.34. The van der Waals surface area contributed by atoms with Gasteiger partial charge in [0.1, 0.15) is 0 Å². The Hall–Kier alpha value is -2.04. The lowest BCUT2D eigenvalue weighted by Crippen LogP contribution is -2.17. The van der Waals surface area contributed by atoms with Crippen molar-refractivity contribution in [1.82, 2.24) is 5.43 Å². The van der Waals surface area contributed by atoms with Gasteiger partial charge in [-0.2, -0.15) is 5.10 Å². The predicted octanol–water partition coefficient (Wildman–Crippen LogP) is 4.55. The first-order valence-electron chi connectivity index (χ1n) is 7.12. The fourth-order valence-electron chi connectivity index (χ4n) is 1.80. The molecule has 6 heteroatoms. The molecule has 0 fully saturated rings. The minimum atomic E-state index is -0.400. The first-order chi connectivity index (χ1) is 11.1. The van der Waals surface area contributed by atoms with Gasteiger partial charge in [0.05, 0.1) is 22.9 Å². The van der Waals surface area contributed by atoms with Gasteiger partial charge in [0, 0.05) is 5.56 Å². The van der Waals surface area contributed by atoms with Crippen LogP contribution in [0.25, 0.3) is 0 Å². The average Bonchev–Trinajstić information content (AvgIpc) is 2.55. The highest BCUT2D eigenvalue weighted by atomic mass is 35.5. The second kappa shape index (κ2) is 8.56. The molecule has 0 aliphatic rings. The fourth-order valence-corrected chi connectivity index (χ4v) is 2.40. The summed E-state index contributed by atoms with van der Waals surface area (Å²) in [5, 5.41) is 4.50. The van der Waals surface area contributed by atoms with E-state index >= 15 is 0 Å². The zero-order valence-corrected chi connectivity index (χ0v) is 14.1. The molecule has 0 radical (unpaired) electrons. The molecule has 2 aromatic carbocycles. The highest BCUT2D eigenvalue weighted by molar-refractivity contribution is 6.37. The summed E-state index contributed by atoms with van der Waals surface area (Å²) in [5.41, 5.74) is 3.63. The van der Waals surface area contributed by atoms with Gasteiger partial charge in [-0.05, 0) is 24.1 Å². The SMILES string of the molecule is CCCOc1c(Cl)cc(C(=O)N/N=C/c2ccccc2)cc1Cl. The van der Waals surface area contributed by atoms with Crippen LogP contribution in [0.1, 0.15) is 29.3 Å². The second-order valence-electron chi connectivity index (χ2n) is 4.73. The van der Waals surface area contributed by atoms with E-state index in [-0.39, 0.29) is 0 Å². The van der Waals surface area contributed by atoms with Crippen molar-refractivity contribution in [2.75, 3.05) is 6.61 Å². The number of rotatable bonds is 6. The minimum Gasteiger partial charge on any atom is -0.490 e. The van der Waals surface area contributed by atoms with Crippen molar-refractivity contribution in [3.8, 4) is 5.75 Å². The van der Waals surface area contributed by atoms with Crippen LogP contribution in [0, 0.1) is 0 Å². The van der Waals surface area contributed by atoms with E-state index in [4.69, 9.17) is 27.9 Å². The van der Waals surface area contributed by atoms with Gasteiger partial charge in [0.15, 0.2) is 5.75 Å². The van der Waals surface area contributed by atoms with Crippen molar-refractivity contribution in [2.24, 2.45) is 5.10 Å². The first kappa shape index (κ1) is 17.3. The molecule has 2 rings (SSSR count). The molecule has 0 saturated heterocycles. The number of hydrogen-bond donors (Lipinski definition) is 1. The van der Waals surface area contributed by atoms with E-state index in [1.54, 1.807) is 6.21 Å². The van der Waals surface area contributed by atoms with Crippen molar-refractivity contribution in [3.05, 3.63) is 63.6 Å². The van der Waals surface area contributed by atoms with Crippen LogP contribution in [0.5, 0.6) is 5.75 Å². The van der Waals surface area contributed by atoms with Crippen LogP contribution in [-0.4, -0.2) is 18.7 Å². The van der Waals surface area contributed by atoms with Crippen molar-refractivity contribution >= 4 is 35.3 Å². The molecular weight excluding hydrogens is 335 g/mol. The maximum Gasteiger partial charge on any atom is 0.271 e. The Bertz CT molecular complexity index is 680. The molecule has 0 atom stereocenters. The Morgan fingerprint density at radius 2 is 1.87 bits per heavy atom. The lowest BCUT2D eigenvalue weighted by molar-refractivity contribution is 0.0955. The minimum absolute atomic E-state index is 0.295. The van der Waals surface area contributed by atoms with Gasteiger partial charge in [0.25, 0.3) is 5.91 Å². The van der Waals surface area contributed by atoms with Crippen molar-refractivity contribution < 1.29 is 9.53 Å². The van der Waals surface area contributed by atoms with Gasteiger partial charge in [0.2, 0.25) is 0 Å². The number of amides is 1. The Balaban J connectivity index is 2.06. The van der Waals surface area contributed by atoms with E-state index in [0.717, 1.165) is 12.0 Å². The maximum absolute atomic E-state index is 12.1. The summed E-state index contributed by atoms with van der Waals surface area (Å²) in [6.45, 7) is 2.49. The highest BCUT2D eigenvalue weighted by Gasteiger charge is 2.13. The number of nitrogens with one attached hydrogen (secondary N) is 1. The summed E-state index contributed by atoms with van der Waals surface area (Å²) < 4.78 is 5.47. The number of carbonyl (C=O) groups excluding carboxylic acids is 1. The van der Waals surface area contributed by atoms with Crippen LogP contribution in [0.3, 0.4) is 0 Å². The lowest BCUT2D eigenvalue weighted by Gasteiger charge is -2.10. The molecule has 120 valence electrons. The normalized spacial score (nSPS) is 10.7. The van der Waals surface area contributed by atoms with Crippen LogP contribution in [0.4, 0.5) is 0 Å². The number of hydrogen-bond acceptors (Lipinski definition) is 3. The molecule has 1 amide bonds. The van der Waals surface area contributed by atoms with Gasteiger partial charge >= 0.3 is 0 Å². The molecular formula is C17H16Cl2N2O2. The van der Waals surface area contributed by atoms with E-state index in [2.05, 4.69) is 10.5 Å². The van der Waals surface area contributed by atoms with Crippen molar-refractivity contribution in [2.45, 2.75) is 13.3 Å². The molecule has 0 aliphatic carbocycles. The Morgan fingerprint density at radius 1 is 1.22 bits per heavy atom. The molecule has 0 saturated carbocycles. The van der Waals surface area contributed by atoms with Crippen LogP contribution < -0.4 is 10.2 Å². The molecule has 0 unspecified atom stereocenters.